The maximum atomic E-state index is 13.5. The molecule has 34 heavy (non-hydrogen) atoms. The summed E-state index contributed by atoms with van der Waals surface area (Å²) in [6.07, 6.45) is 4.36. The normalized spacial score (nSPS) is 10.8. The monoisotopic (exact) mass is 477 g/mol. The zero-order valence-corrected chi connectivity index (χ0v) is 19.5. The quantitative estimate of drug-likeness (QED) is 0.342. The summed E-state index contributed by atoms with van der Waals surface area (Å²) in [5.74, 6) is 1.57. The van der Waals surface area contributed by atoms with Crippen molar-refractivity contribution in [3.63, 3.8) is 0 Å². The first-order valence-corrected chi connectivity index (χ1v) is 11.7. The van der Waals surface area contributed by atoms with Crippen molar-refractivity contribution in [1.29, 1.82) is 0 Å². The van der Waals surface area contributed by atoms with Crippen LogP contribution in [-0.2, 0) is 23.5 Å². The molecule has 0 saturated heterocycles. The van der Waals surface area contributed by atoms with E-state index in [2.05, 4.69) is 20.5 Å². The summed E-state index contributed by atoms with van der Waals surface area (Å²) in [4.78, 5) is 16.6. The van der Waals surface area contributed by atoms with Gasteiger partial charge in [0.2, 0.25) is 5.91 Å². The lowest BCUT2D eigenvalue weighted by Crippen LogP contribution is -2.25. The molecule has 174 valence electrons. The molecule has 2 aromatic carbocycles. The maximum absolute atomic E-state index is 13.5. The van der Waals surface area contributed by atoms with Gasteiger partial charge in [-0.1, -0.05) is 30.0 Å². The molecule has 2 aromatic heterocycles. The summed E-state index contributed by atoms with van der Waals surface area (Å²) in [5, 5.41) is 12.2. The predicted octanol–water partition coefficient (Wildman–Crippen LogP) is 4.35. The van der Waals surface area contributed by atoms with Crippen LogP contribution in [0.2, 0.25) is 0 Å². The van der Waals surface area contributed by atoms with E-state index in [1.54, 1.807) is 31.6 Å². The van der Waals surface area contributed by atoms with Crippen molar-refractivity contribution >= 4 is 17.7 Å². The number of ether oxygens (including phenoxy) is 1. The van der Waals surface area contributed by atoms with Gasteiger partial charge in [0.1, 0.15) is 11.6 Å². The molecule has 0 aliphatic heterocycles. The summed E-state index contributed by atoms with van der Waals surface area (Å²) in [6.45, 7) is 0.199. The molecule has 2 heterocycles. The summed E-state index contributed by atoms with van der Waals surface area (Å²) in [6, 6.07) is 17.6. The van der Waals surface area contributed by atoms with Crippen LogP contribution in [0.1, 0.15) is 23.4 Å². The van der Waals surface area contributed by atoms with Crippen molar-refractivity contribution in [3.8, 4) is 11.4 Å². The highest BCUT2D eigenvalue weighted by molar-refractivity contribution is 7.98. The number of para-hydroxylation sites is 1. The molecule has 0 atom stereocenters. The third-order valence-corrected chi connectivity index (χ3v) is 6.16. The smallest absolute Gasteiger partial charge is 0.220 e. The number of aryl methyl sites for hydroxylation is 1. The van der Waals surface area contributed by atoms with E-state index in [-0.39, 0.29) is 18.3 Å². The molecule has 1 amide bonds. The number of aromatic nitrogens is 4. The average Bonchev–Trinajstić information content (AvgIpc) is 3.29. The number of amides is 1. The van der Waals surface area contributed by atoms with Crippen molar-refractivity contribution in [2.24, 2.45) is 0 Å². The lowest BCUT2D eigenvalue weighted by atomic mass is 10.1. The Morgan fingerprint density at radius 1 is 1.06 bits per heavy atom. The molecule has 0 saturated carbocycles. The molecule has 0 bridgehead atoms. The SMILES string of the molecule is COc1ccccc1CCC(=O)NCc1nnc(SCc2ccncc2)n1-c1ccc(F)cc1. The summed E-state index contributed by atoms with van der Waals surface area (Å²) < 4.78 is 20.7. The minimum Gasteiger partial charge on any atom is -0.496 e. The Labute approximate surface area is 201 Å². The standard InChI is InChI=1S/C25H24FN5O2S/c1-33-22-5-3-2-4-19(22)6-11-24(32)28-16-23-29-30-25(34-17-18-12-14-27-15-13-18)31(23)21-9-7-20(26)8-10-21/h2-5,7-10,12-15H,6,11,16-17H2,1H3,(H,28,32). The molecular formula is C25H24FN5O2S. The minimum atomic E-state index is -0.325. The fourth-order valence-electron chi connectivity index (χ4n) is 3.41. The van der Waals surface area contributed by atoms with E-state index in [1.807, 2.05) is 41.0 Å². The Kier molecular flexibility index (Phi) is 7.87. The highest BCUT2D eigenvalue weighted by Crippen LogP contribution is 2.25. The van der Waals surface area contributed by atoms with Crippen LogP contribution in [0.3, 0.4) is 0 Å². The number of pyridine rings is 1. The maximum Gasteiger partial charge on any atom is 0.220 e. The van der Waals surface area contributed by atoms with Gasteiger partial charge in [0, 0.05) is 30.3 Å². The number of rotatable bonds is 10. The number of halogens is 1. The van der Waals surface area contributed by atoms with Crippen LogP contribution in [0.5, 0.6) is 5.75 Å². The van der Waals surface area contributed by atoms with E-state index in [1.165, 1.54) is 23.9 Å². The van der Waals surface area contributed by atoms with Gasteiger partial charge in [-0.15, -0.1) is 10.2 Å². The summed E-state index contributed by atoms with van der Waals surface area (Å²) in [7, 11) is 1.62. The molecule has 0 unspecified atom stereocenters. The van der Waals surface area contributed by atoms with E-state index >= 15 is 0 Å². The molecule has 0 spiro atoms. The highest BCUT2D eigenvalue weighted by atomic mass is 32.2. The van der Waals surface area contributed by atoms with E-state index < -0.39 is 0 Å². The predicted molar refractivity (Wildman–Crippen MR) is 128 cm³/mol. The lowest BCUT2D eigenvalue weighted by molar-refractivity contribution is -0.121. The second-order valence-corrected chi connectivity index (χ2v) is 8.39. The van der Waals surface area contributed by atoms with Gasteiger partial charge in [0.05, 0.1) is 13.7 Å². The second kappa shape index (κ2) is 11.4. The van der Waals surface area contributed by atoms with Gasteiger partial charge in [-0.3, -0.25) is 14.3 Å². The van der Waals surface area contributed by atoms with Crippen molar-refractivity contribution in [1.82, 2.24) is 25.1 Å². The number of hydrogen-bond acceptors (Lipinski definition) is 6. The number of benzene rings is 2. The van der Waals surface area contributed by atoms with Gasteiger partial charge in [0.25, 0.3) is 0 Å². The van der Waals surface area contributed by atoms with Gasteiger partial charge >= 0.3 is 0 Å². The molecule has 0 radical (unpaired) electrons. The average molecular weight is 478 g/mol. The fourth-order valence-corrected chi connectivity index (χ4v) is 4.34. The van der Waals surface area contributed by atoms with Gasteiger partial charge in [0.15, 0.2) is 11.0 Å². The van der Waals surface area contributed by atoms with Crippen LogP contribution in [0.15, 0.2) is 78.2 Å². The Morgan fingerprint density at radius 2 is 1.82 bits per heavy atom. The van der Waals surface area contributed by atoms with Crippen LogP contribution < -0.4 is 10.1 Å². The first-order chi connectivity index (χ1) is 16.6. The van der Waals surface area contributed by atoms with Gasteiger partial charge in [-0.05, 0) is 60.0 Å². The van der Waals surface area contributed by atoms with Gasteiger partial charge < -0.3 is 10.1 Å². The molecule has 4 aromatic rings. The van der Waals surface area contributed by atoms with Crippen molar-refractivity contribution in [2.45, 2.75) is 30.3 Å². The van der Waals surface area contributed by atoms with Crippen LogP contribution in [0.25, 0.3) is 5.69 Å². The van der Waals surface area contributed by atoms with Crippen LogP contribution in [0, 0.1) is 5.82 Å². The second-order valence-electron chi connectivity index (χ2n) is 7.44. The van der Waals surface area contributed by atoms with Crippen molar-refractivity contribution < 1.29 is 13.9 Å². The zero-order chi connectivity index (χ0) is 23.8. The van der Waals surface area contributed by atoms with Gasteiger partial charge in [-0.25, -0.2) is 4.39 Å². The summed E-state index contributed by atoms with van der Waals surface area (Å²) in [5.41, 5.74) is 2.80. The number of hydrogen-bond donors (Lipinski definition) is 1. The first-order valence-electron chi connectivity index (χ1n) is 10.7. The van der Waals surface area contributed by atoms with Gasteiger partial charge in [-0.2, -0.15) is 0 Å². The van der Waals surface area contributed by atoms with E-state index in [4.69, 9.17) is 4.74 Å². The molecule has 9 heteroatoms. The molecule has 7 nitrogen and oxygen atoms in total. The third-order valence-electron chi connectivity index (χ3n) is 5.16. The lowest BCUT2D eigenvalue weighted by Gasteiger charge is -2.11. The Hall–Kier alpha value is -3.72. The number of methoxy groups -OCH3 is 1. The largest absolute Gasteiger partial charge is 0.496 e. The molecule has 0 aliphatic carbocycles. The number of nitrogens with one attached hydrogen (secondary N) is 1. The topological polar surface area (TPSA) is 81.9 Å². The highest BCUT2D eigenvalue weighted by Gasteiger charge is 2.16. The van der Waals surface area contributed by atoms with E-state index in [9.17, 15) is 9.18 Å². The molecule has 4 rings (SSSR count). The molecule has 0 fully saturated rings. The third kappa shape index (κ3) is 5.99. The Balaban J connectivity index is 1.45. The molecule has 0 aliphatic rings. The minimum absolute atomic E-state index is 0.106. The number of carbonyl (C=O) groups is 1. The fraction of sp³-hybridized carbons (Fsp3) is 0.200. The van der Waals surface area contributed by atoms with E-state index in [0.717, 1.165) is 22.6 Å². The number of thioether (sulfide) groups is 1. The van der Waals surface area contributed by atoms with Crippen LogP contribution in [0.4, 0.5) is 4.39 Å². The summed E-state index contributed by atoms with van der Waals surface area (Å²) >= 11 is 1.51. The van der Waals surface area contributed by atoms with Crippen LogP contribution >= 0.6 is 11.8 Å². The van der Waals surface area contributed by atoms with Crippen molar-refractivity contribution in [2.75, 3.05) is 7.11 Å². The number of nitrogens with zero attached hydrogens (tertiary/aromatic N) is 4. The zero-order valence-electron chi connectivity index (χ0n) is 18.6. The molecule has 1 N–H and O–H groups in total. The van der Waals surface area contributed by atoms with Crippen LogP contribution in [-0.4, -0.2) is 32.8 Å². The van der Waals surface area contributed by atoms with Crippen molar-refractivity contribution in [3.05, 3.63) is 95.8 Å². The number of carbonyl (C=O) groups excluding carboxylic acids is 1. The molecular weight excluding hydrogens is 453 g/mol. The first kappa shape index (κ1) is 23.4. The Bertz CT molecular complexity index is 1230. The Morgan fingerprint density at radius 3 is 2.59 bits per heavy atom. The van der Waals surface area contributed by atoms with E-state index in [0.29, 0.717) is 29.6 Å².